The van der Waals surface area contributed by atoms with Gasteiger partial charge >= 0.3 is 5.69 Å². The SMILES string of the molecule is CC[C@H](C)c1nc2ccc(Br)cc2c(=O)n1N=Cc1cc(Cl)c(OCc2ccc(Cl)cc2)c([N+](=O)[O-])c1. The van der Waals surface area contributed by atoms with Crippen molar-refractivity contribution in [1.29, 1.82) is 0 Å². The molecule has 0 unspecified atom stereocenters. The summed E-state index contributed by atoms with van der Waals surface area (Å²) in [7, 11) is 0. The lowest BCUT2D eigenvalue weighted by molar-refractivity contribution is -0.385. The summed E-state index contributed by atoms with van der Waals surface area (Å²) in [6, 6.07) is 15.0. The topological polar surface area (TPSA) is 99.6 Å². The molecule has 0 spiro atoms. The van der Waals surface area contributed by atoms with Crippen LogP contribution in [0.1, 0.15) is 43.1 Å². The Labute approximate surface area is 230 Å². The summed E-state index contributed by atoms with van der Waals surface area (Å²) in [5.74, 6) is 0.370. The van der Waals surface area contributed by atoms with Gasteiger partial charge in [-0.05, 0) is 48.4 Å². The van der Waals surface area contributed by atoms with E-state index in [1.807, 2.05) is 19.9 Å². The third-order valence-corrected chi connectivity index (χ3v) is 6.77. The fourth-order valence-electron chi connectivity index (χ4n) is 3.59. The highest BCUT2D eigenvalue weighted by Crippen LogP contribution is 2.36. The highest BCUT2D eigenvalue weighted by Gasteiger charge is 2.21. The van der Waals surface area contributed by atoms with Gasteiger partial charge < -0.3 is 4.74 Å². The van der Waals surface area contributed by atoms with E-state index in [1.54, 1.807) is 36.4 Å². The number of nitrogens with zero attached hydrogens (tertiary/aromatic N) is 4. The molecule has 11 heteroatoms. The van der Waals surface area contributed by atoms with Gasteiger partial charge in [0.1, 0.15) is 12.4 Å². The summed E-state index contributed by atoms with van der Waals surface area (Å²) in [6.07, 6.45) is 2.08. The van der Waals surface area contributed by atoms with Crippen LogP contribution in [-0.2, 0) is 6.61 Å². The van der Waals surface area contributed by atoms with Crippen molar-refractivity contribution in [3.05, 3.63) is 107 Å². The van der Waals surface area contributed by atoms with Crippen molar-refractivity contribution in [3.8, 4) is 5.75 Å². The molecule has 0 amide bonds. The average molecular weight is 604 g/mol. The van der Waals surface area contributed by atoms with Crippen LogP contribution in [0.15, 0.2) is 69.0 Å². The minimum Gasteiger partial charge on any atom is -0.481 e. The lowest BCUT2D eigenvalue weighted by atomic mass is 10.1. The molecule has 0 saturated heterocycles. The molecule has 190 valence electrons. The van der Waals surface area contributed by atoms with E-state index in [9.17, 15) is 14.9 Å². The van der Waals surface area contributed by atoms with Crippen LogP contribution in [0.4, 0.5) is 5.69 Å². The van der Waals surface area contributed by atoms with Gasteiger partial charge in [0.2, 0.25) is 5.75 Å². The van der Waals surface area contributed by atoms with Crippen LogP contribution in [0.3, 0.4) is 0 Å². The lowest BCUT2D eigenvalue weighted by Gasteiger charge is -2.14. The normalized spacial score (nSPS) is 12.2. The first-order valence-corrected chi connectivity index (χ1v) is 12.8. The van der Waals surface area contributed by atoms with Crippen molar-refractivity contribution in [2.24, 2.45) is 5.10 Å². The van der Waals surface area contributed by atoms with Crippen molar-refractivity contribution in [2.75, 3.05) is 0 Å². The second kappa shape index (κ2) is 11.4. The first kappa shape index (κ1) is 26.8. The Morgan fingerprint density at radius 1 is 1.19 bits per heavy atom. The molecular formula is C26H21BrCl2N4O4. The second-order valence-corrected chi connectivity index (χ2v) is 10.1. The van der Waals surface area contributed by atoms with Crippen molar-refractivity contribution in [3.63, 3.8) is 0 Å². The Kier molecular flexibility index (Phi) is 8.26. The largest absolute Gasteiger partial charge is 0.481 e. The number of nitro groups is 1. The molecule has 37 heavy (non-hydrogen) atoms. The van der Waals surface area contributed by atoms with Crippen molar-refractivity contribution < 1.29 is 9.66 Å². The maximum atomic E-state index is 13.3. The average Bonchev–Trinajstić information content (AvgIpc) is 2.87. The Hall–Kier alpha value is -3.27. The zero-order chi connectivity index (χ0) is 26.7. The van der Waals surface area contributed by atoms with Gasteiger partial charge in [-0.3, -0.25) is 14.9 Å². The molecule has 4 rings (SSSR count). The van der Waals surface area contributed by atoms with Crippen LogP contribution in [-0.4, -0.2) is 20.8 Å². The molecule has 0 radical (unpaired) electrons. The quantitative estimate of drug-likeness (QED) is 0.119. The summed E-state index contributed by atoms with van der Waals surface area (Å²) in [6.45, 7) is 4.01. The molecule has 0 bridgehead atoms. The summed E-state index contributed by atoms with van der Waals surface area (Å²) >= 11 is 15.7. The predicted molar refractivity (Wildman–Crippen MR) is 149 cm³/mol. The smallest absolute Gasteiger partial charge is 0.313 e. The van der Waals surface area contributed by atoms with E-state index < -0.39 is 4.92 Å². The molecule has 1 heterocycles. The highest BCUT2D eigenvalue weighted by molar-refractivity contribution is 9.10. The Bertz CT molecular complexity index is 1570. The summed E-state index contributed by atoms with van der Waals surface area (Å²) in [5.41, 5.74) is 0.995. The van der Waals surface area contributed by atoms with E-state index in [-0.39, 0.29) is 34.5 Å². The maximum absolute atomic E-state index is 13.3. The number of hydrogen-bond acceptors (Lipinski definition) is 6. The zero-order valence-corrected chi connectivity index (χ0v) is 22.9. The Balaban J connectivity index is 1.73. The molecule has 0 aliphatic heterocycles. The summed E-state index contributed by atoms with van der Waals surface area (Å²) < 4.78 is 7.65. The van der Waals surface area contributed by atoms with Crippen LogP contribution >= 0.6 is 39.1 Å². The van der Waals surface area contributed by atoms with Crippen LogP contribution in [0, 0.1) is 10.1 Å². The standard InChI is InChI=1S/C26H21BrCl2N4O4/c1-3-15(2)25-31-22-9-6-18(27)12-20(22)26(34)32(25)30-13-17-10-21(29)24(23(11-17)33(35)36)37-14-16-4-7-19(28)8-5-16/h4-13,15H,3,14H2,1-2H3/t15-/m0/s1. The Morgan fingerprint density at radius 3 is 2.59 bits per heavy atom. The second-order valence-electron chi connectivity index (χ2n) is 8.33. The number of aromatic nitrogens is 2. The molecular weight excluding hydrogens is 583 g/mol. The molecule has 0 saturated carbocycles. The molecule has 0 fully saturated rings. The summed E-state index contributed by atoms with van der Waals surface area (Å²) in [5, 5.41) is 17.2. The summed E-state index contributed by atoms with van der Waals surface area (Å²) in [4.78, 5) is 29.2. The number of hydrogen-bond donors (Lipinski definition) is 0. The fraction of sp³-hybridized carbons (Fsp3) is 0.192. The van der Waals surface area contributed by atoms with Crippen LogP contribution in [0.25, 0.3) is 10.9 Å². The molecule has 0 aliphatic carbocycles. The van der Waals surface area contributed by atoms with Crippen LogP contribution < -0.4 is 10.3 Å². The van der Waals surface area contributed by atoms with E-state index >= 15 is 0 Å². The fourth-order valence-corrected chi connectivity index (χ4v) is 4.36. The predicted octanol–water partition coefficient (Wildman–Crippen LogP) is 7.35. The number of fused-ring (bicyclic) bond motifs is 1. The van der Waals surface area contributed by atoms with Gasteiger partial charge in [-0.1, -0.05) is 65.1 Å². The number of benzene rings is 3. The Morgan fingerprint density at radius 2 is 1.92 bits per heavy atom. The third-order valence-electron chi connectivity index (χ3n) is 5.75. The highest BCUT2D eigenvalue weighted by atomic mass is 79.9. The molecule has 0 aliphatic rings. The molecule has 4 aromatic rings. The number of nitro benzene ring substituents is 1. The van der Waals surface area contributed by atoms with E-state index in [0.29, 0.717) is 27.3 Å². The molecule has 1 atom stereocenters. The van der Waals surface area contributed by atoms with E-state index in [2.05, 4.69) is 26.0 Å². The van der Waals surface area contributed by atoms with E-state index in [0.717, 1.165) is 16.5 Å². The minimum atomic E-state index is -0.577. The molecule has 1 aromatic heterocycles. The molecule has 3 aromatic carbocycles. The van der Waals surface area contributed by atoms with Gasteiger partial charge in [0.15, 0.2) is 0 Å². The molecule has 8 nitrogen and oxygen atoms in total. The monoisotopic (exact) mass is 602 g/mol. The van der Waals surface area contributed by atoms with Crippen molar-refractivity contribution in [2.45, 2.75) is 32.8 Å². The van der Waals surface area contributed by atoms with Crippen molar-refractivity contribution >= 4 is 61.9 Å². The lowest BCUT2D eigenvalue weighted by Crippen LogP contribution is -2.23. The van der Waals surface area contributed by atoms with Crippen LogP contribution in [0.5, 0.6) is 5.75 Å². The van der Waals surface area contributed by atoms with Gasteiger partial charge in [-0.25, -0.2) is 4.98 Å². The zero-order valence-electron chi connectivity index (χ0n) is 19.8. The maximum Gasteiger partial charge on any atom is 0.313 e. The van der Waals surface area contributed by atoms with E-state index in [4.69, 9.17) is 27.9 Å². The van der Waals surface area contributed by atoms with Gasteiger partial charge in [-0.2, -0.15) is 9.78 Å². The number of ether oxygens (including phenoxy) is 1. The third kappa shape index (κ3) is 6.01. The van der Waals surface area contributed by atoms with Gasteiger partial charge in [0.05, 0.1) is 27.1 Å². The first-order chi connectivity index (χ1) is 17.7. The van der Waals surface area contributed by atoms with Crippen molar-refractivity contribution in [1.82, 2.24) is 9.66 Å². The molecule has 0 N–H and O–H groups in total. The van der Waals surface area contributed by atoms with E-state index in [1.165, 1.54) is 23.0 Å². The first-order valence-electron chi connectivity index (χ1n) is 11.3. The number of rotatable bonds is 8. The van der Waals surface area contributed by atoms with Gasteiger partial charge in [0.25, 0.3) is 5.56 Å². The van der Waals surface area contributed by atoms with Gasteiger partial charge in [-0.15, -0.1) is 0 Å². The van der Waals surface area contributed by atoms with Crippen LogP contribution in [0.2, 0.25) is 10.0 Å². The number of halogens is 3. The minimum absolute atomic E-state index is 0.0414. The van der Waals surface area contributed by atoms with Gasteiger partial charge in [0, 0.05) is 27.0 Å².